The number of alkyl halides is 2. The van der Waals surface area contributed by atoms with Crippen LogP contribution in [0.5, 0.6) is 0 Å². The Morgan fingerprint density at radius 1 is 1.09 bits per heavy atom. The molecule has 3 aromatic heterocycles. The van der Waals surface area contributed by atoms with Gasteiger partial charge in [0.25, 0.3) is 11.8 Å². The molecular weight excluding hydrogens is 804 g/mol. The number of nitrogens with one attached hydrogen (secondary N) is 3. The van der Waals surface area contributed by atoms with E-state index in [0.717, 1.165) is 23.1 Å². The van der Waals surface area contributed by atoms with Crippen molar-refractivity contribution < 1.29 is 40.7 Å². The number of aromatic nitrogens is 5. The van der Waals surface area contributed by atoms with E-state index in [1.54, 1.807) is 19.2 Å². The first kappa shape index (κ1) is 40.7. The summed E-state index contributed by atoms with van der Waals surface area (Å²) < 4.78 is 90.1. The van der Waals surface area contributed by atoms with Crippen molar-refractivity contribution in [3.8, 4) is 23.0 Å². The minimum atomic E-state index is -3.81. The van der Waals surface area contributed by atoms with Crippen LogP contribution in [0.4, 0.5) is 23.4 Å². The van der Waals surface area contributed by atoms with Gasteiger partial charge in [-0.15, -0.1) is 0 Å². The van der Waals surface area contributed by atoms with Crippen molar-refractivity contribution in [1.29, 1.82) is 0 Å². The van der Waals surface area contributed by atoms with E-state index in [1.807, 2.05) is 0 Å². The Balaban J connectivity index is 1.39. The second-order valence-corrected chi connectivity index (χ2v) is 17.1. The Morgan fingerprint density at radius 3 is 2.40 bits per heavy atom. The standard InChI is InChI=1S/C39H37ClF4N8O5S/c1-38(2,55)13-12-22-6-7-23(24-9-11-27(40)31-34(24)51(4)49-36(31)50-58(5,56)57)32(46-22)28(16-19-14-20(41)17-21(42)15-19)47-29(53)18-52-35-30(33(48-52)37(54)45-3)25-8-10-26(25)39(35,43)44/h6-7,9,11,14-15,17,25-26,28,55H,8,10,16,18H2,1-5H3,(H,45,54)(H,47,53)(H,49,50). The number of carbonyl (C=O) groups is 2. The highest BCUT2D eigenvalue weighted by Crippen LogP contribution is 2.62. The van der Waals surface area contributed by atoms with E-state index in [4.69, 9.17) is 16.6 Å². The fourth-order valence-corrected chi connectivity index (χ4v) is 8.42. The van der Waals surface area contributed by atoms with Crippen LogP contribution in [0.1, 0.15) is 77.3 Å². The summed E-state index contributed by atoms with van der Waals surface area (Å²) >= 11 is 6.61. The summed E-state index contributed by atoms with van der Waals surface area (Å²) in [6.45, 7) is 2.16. The van der Waals surface area contributed by atoms with Crippen LogP contribution in [-0.4, -0.2) is 68.8 Å². The number of rotatable bonds is 10. The van der Waals surface area contributed by atoms with Gasteiger partial charge in [0, 0.05) is 42.8 Å². The van der Waals surface area contributed by atoms with E-state index < -0.39 is 75.1 Å². The molecule has 2 aliphatic rings. The van der Waals surface area contributed by atoms with Crippen LogP contribution in [0.15, 0.2) is 42.5 Å². The van der Waals surface area contributed by atoms with Gasteiger partial charge in [-0.25, -0.2) is 22.2 Å². The molecule has 0 spiro atoms. The van der Waals surface area contributed by atoms with E-state index in [1.165, 1.54) is 37.7 Å². The maximum Gasteiger partial charge on any atom is 0.293 e. The molecule has 3 unspecified atom stereocenters. The zero-order chi connectivity index (χ0) is 42.1. The summed E-state index contributed by atoms with van der Waals surface area (Å²) in [5, 5.41) is 24.5. The third kappa shape index (κ3) is 7.73. The van der Waals surface area contributed by atoms with Gasteiger partial charge in [0.05, 0.1) is 33.9 Å². The molecule has 7 rings (SSSR count). The Bertz CT molecular complexity index is 2680. The molecule has 13 nitrogen and oxygen atoms in total. The van der Waals surface area contributed by atoms with Gasteiger partial charge in [-0.1, -0.05) is 23.6 Å². The van der Waals surface area contributed by atoms with Gasteiger partial charge in [-0.05, 0) is 80.8 Å². The molecule has 1 fully saturated rings. The molecule has 0 saturated heterocycles. The van der Waals surface area contributed by atoms with Crippen molar-refractivity contribution in [3.05, 3.63) is 93.0 Å². The van der Waals surface area contributed by atoms with Gasteiger partial charge >= 0.3 is 0 Å². The fourth-order valence-electron chi connectivity index (χ4n) is 7.69. The van der Waals surface area contributed by atoms with Gasteiger partial charge in [0.1, 0.15) is 35.2 Å². The summed E-state index contributed by atoms with van der Waals surface area (Å²) in [5.74, 6) is -2.93. The van der Waals surface area contributed by atoms with E-state index in [9.17, 15) is 31.9 Å². The predicted molar refractivity (Wildman–Crippen MR) is 207 cm³/mol. The molecule has 3 atom stereocenters. The summed E-state index contributed by atoms with van der Waals surface area (Å²) in [6, 6.07) is 7.82. The van der Waals surface area contributed by atoms with Crippen molar-refractivity contribution in [2.24, 2.45) is 13.0 Å². The zero-order valence-corrected chi connectivity index (χ0v) is 33.3. The Hall–Kier alpha value is -5.51. The summed E-state index contributed by atoms with van der Waals surface area (Å²) in [4.78, 5) is 31.7. The lowest BCUT2D eigenvalue weighted by atomic mass is 9.73. The number of halogens is 5. The van der Waals surface area contributed by atoms with Crippen LogP contribution in [0.2, 0.25) is 5.02 Å². The van der Waals surface area contributed by atoms with Crippen LogP contribution in [0.25, 0.3) is 22.0 Å². The average molecular weight is 841 g/mol. The zero-order valence-electron chi connectivity index (χ0n) is 31.7. The molecule has 0 radical (unpaired) electrons. The molecular formula is C39H37ClF4N8O5S. The molecule has 4 N–H and O–H groups in total. The SMILES string of the molecule is CNC(=O)c1nn(CC(=O)NC(Cc2cc(F)cc(F)c2)c2nc(C#CC(C)(C)O)ccc2-c2ccc(Cl)c3c(NS(C)(=O)=O)nn(C)c23)c2c1C1CCC1C2(F)F. The van der Waals surface area contributed by atoms with E-state index in [0.29, 0.717) is 29.1 Å². The van der Waals surface area contributed by atoms with E-state index in [2.05, 4.69) is 37.4 Å². The predicted octanol–water partition coefficient (Wildman–Crippen LogP) is 5.32. The number of anilines is 1. The molecule has 304 valence electrons. The number of carbonyl (C=O) groups excluding carboxylic acids is 2. The number of nitrogens with zero attached hydrogens (tertiary/aromatic N) is 5. The summed E-state index contributed by atoms with van der Waals surface area (Å²) in [7, 11) is -0.912. The highest BCUT2D eigenvalue weighted by Gasteiger charge is 2.62. The molecule has 2 aliphatic carbocycles. The Morgan fingerprint density at radius 2 is 1.78 bits per heavy atom. The van der Waals surface area contributed by atoms with Crippen LogP contribution >= 0.6 is 11.6 Å². The molecule has 19 heteroatoms. The lowest BCUT2D eigenvalue weighted by Gasteiger charge is -2.34. The number of benzene rings is 2. The van der Waals surface area contributed by atoms with E-state index in [-0.39, 0.29) is 57.3 Å². The number of hydrogen-bond donors (Lipinski definition) is 4. The third-order valence-corrected chi connectivity index (χ3v) is 11.0. The lowest BCUT2D eigenvalue weighted by Crippen LogP contribution is -2.36. The minimum absolute atomic E-state index is 0.0674. The summed E-state index contributed by atoms with van der Waals surface area (Å²) in [5.41, 5.74) is -0.700. The molecule has 1 saturated carbocycles. The number of fused-ring (bicyclic) bond motifs is 4. The van der Waals surface area contributed by atoms with Crippen LogP contribution in [0, 0.1) is 29.4 Å². The summed E-state index contributed by atoms with van der Waals surface area (Å²) in [6.07, 6.45) is 1.33. The van der Waals surface area contributed by atoms with Gasteiger partial charge < -0.3 is 15.7 Å². The maximum atomic E-state index is 15.8. The largest absolute Gasteiger partial charge is 0.378 e. The second kappa shape index (κ2) is 14.7. The van der Waals surface area contributed by atoms with Gasteiger partial charge in [-0.3, -0.25) is 23.7 Å². The topological polar surface area (TPSA) is 173 Å². The normalized spacial score (nSPS) is 17.4. The molecule has 0 bridgehead atoms. The highest BCUT2D eigenvalue weighted by molar-refractivity contribution is 7.92. The van der Waals surface area contributed by atoms with Crippen molar-refractivity contribution in [2.45, 2.75) is 63.1 Å². The van der Waals surface area contributed by atoms with Gasteiger partial charge in [0.15, 0.2) is 11.5 Å². The highest BCUT2D eigenvalue weighted by atomic mass is 35.5. The number of aliphatic hydroxyl groups is 1. The number of aryl methyl sites for hydroxylation is 1. The molecule has 58 heavy (non-hydrogen) atoms. The molecule has 0 aliphatic heterocycles. The fraction of sp³-hybridized carbons (Fsp3) is 0.359. The van der Waals surface area contributed by atoms with Gasteiger partial charge in [-0.2, -0.15) is 19.0 Å². The number of hydrogen-bond acceptors (Lipinski definition) is 8. The minimum Gasteiger partial charge on any atom is -0.378 e. The number of sulfonamides is 1. The van der Waals surface area contributed by atoms with Gasteiger partial charge in [0.2, 0.25) is 15.9 Å². The first-order chi connectivity index (χ1) is 27.1. The van der Waals surface area contributed by atoms with Crippen LogP contribution < -0.4 is 15.4 Å². The van der Waals surface area contributed by atoms with Crippen LogP contribution in [0.3, 0.4) is 0 Å². The molecule has 5 aromatic rings. The first-order valence-corrected chi connectivity index (χ1v) is 20.3. The second-order valence-electron chi connectivity index (χ2n) is 15.0. The third-order valence-electron chi connectivity index (χ3n) is 10.1. The average Bonchev–Trinajstić information content (AvgIpc) is 3.66. The lowest BCUT2D eigenvalue weighted by molar-refractivity contribution is -0.123. The molecule has 2 amide bonds. The number of pyridine rings is 1. The monoisotopic (exact) mass is 840 g/mol. The van der Waals surface area contributed by atoms with E-state index >= 15 is 8.78 Å². The Labute approximate surface area is 335 Å². The quantitative estimate of drug-likeness (QED) is 0.108. The van der Waals surface area contributed by atoms with Crippen molar-refractivity contribution >= 4 is 50.2 Å². The number of amides is 2. The molecule has 2 aromatic carbocycles. The smallest absolute Gasteiger partial charge is 0.293 e. The first-order valence-electron chi connectivity index (χ1n) is 18.0. The molecule has 3 heterocycles. The van der Waals surface area contributed by atoms with Crippen LogP contribution in [-0.2, 0) is 40.8 Å². The van der Waals surface area contributed by atoms with Crippen molar-refractivity contribution in [2.75, 3.05) is 18.0 Å². The van der Waals surface area contributed by atoms with Crippen molar-refractivity contribution in [3.63, 3.8) is 0 Å². The Kier molecular flexibility index (Phi) is 10.3. The van der Waals surface area contributed by atoms with Crippen molar-refractivity contribution in [1.82, 2.24) is 35.2 Å². The maximum absolute atomic E-state index is 15.8.